The van der Waals surface area contributed by atoms with Gasteiger partial charge in [-0.3, -0.25) is 14.8 Å². The minimum Gasteiger partial charge on any atom is -0.348 e. The highest BCUT2D eigenvalue weighted by Gasteiger charge is 2.22. The molecule has 4 nitrogen and oxygen atoms in total. The third-order valence-corrected chi connectivity index (χ3v) is 1.94. The minimum absolute atomic E-state index is 0.0752. The van der Waals surface area contributed by atoms with Crippen LogP contribution in [0.5, 0.6) is 0 Å². The lowest BCUT2D eigenvalue weighted by molar-refractivity contribution is -0.119. The topological polar surface area (TPSA) is 54.9 Å². The first-order valence-corrected chi connectivity index (χ1v) is 3.91. The standard InChI is InChI=1S/C8H9N3O/c12-8-2-1-6(11-8)7-5-9-3-4-10-7/h3-6H,1-2H2,(H,11,12). The van der Waals surface area contributed by atoms with Gasteiger partial charge < -0.3 is 5.32 Å². The Bertz CT molecular complexity index is 286. The van der Waals surface area contributed by atoms with Gasteiger partial charge in [0.05, 0.1) is 17.9 Å². The summed E-state index contributed by atoms with van der Waals surface area (Å²) >= 11 is 0. The first kappa shape index (κ1) is 7.21. The smallest absolute Gasteiger partial charge is 0.220 e. The molecule has 62 valence electrons. The highest BCUT2D eigenvalue weighted by atomic mass is 16.1. The Morgan fingerprint density at radius 3 is 3.00 bits per heavy atom. The number of hydrogen-bond donors (Lipinski definition) is 1. The van der Waals surface area contributed by atoms with Gasteiger partial charge in [0.25, 0.3) is 0 Å². The number of nitrogens with one attached hydrogen (secondary N) is 1. The van der Waals surface area contributed by atoms with E-state index in [-0.39, 0.29) is 11.9 Å². The summed E-state index contributed by atoms with van der Waals surface area (Å²) < 4.78 is 0. The fourth-order valence-corrected chi connectivity index (χ4v) is 1.33. The molecule has 0 aliphatic carbocycles. The highest BCUT2D eigenvalue weighted by molar-refractivity contribution is 5.78. The molecular weight excluding hydrogens is 154 g/mol. The molecule has 1 aromatic rings. The maximum Gasteiger partial charge on any atom is 0.220 e. The number of hydrogen-bond acceptors (Lipinski definition) is 3. The fraction of sp³-hybridized carbons (Fsp3) is 0.375. The van der Waals surface area contributed by atoms with Gasteiger partial charge in [-0.25, -0.2) is 0 Å². The zero-order chi connectivity index (χ0) is 8.39. The van der Waals surface area contributed by atoms with Crippen molar-refractivity contribution in [1.29, 1.82) is 0 Å². The lowest BCUT2D eigenvalue weighted by atomic mass is 10.2. The lowest BCUT2D eigenvalue weighted by Gasteiger charge is -2.06. The number of carbonyl (C=O) groups excluding carboxylic acids is 1. The molecule has 0 aromatic carbocycles. The first-order valence-electron chi connectivity index (χ1n) is 3.91. The van der Waals surface area contributed by atoms with Crippen molar-refractivity contribution in [1.82, 2.24) is 15.3 Å². The Morgan fingerprint density at radius 2 is 2.42 bits per heavy atom. The van der Waals surface area contributed by atoms with Crippen LogP contribution in [0.25, 0.3) is 0 Å². The Morgan fingerprint density at radius 1 is 1.50 bits per heavy atom. The van der Waals surface area contributed by atoms with E-state index in [1.54, 1.807) is 18.6 Å². The van der Waals surface area contributed by atoms with Gasteiger partial charge in [-0.1, -0.05) is 0 Å². The molecule has 1 saturated heterocycles. The van der Waals surface area contributed by atoms with E-state index in [2.05, 4.69) is 15.3 Å². The molecule has 1 amide bonds. The second-order valence-corrected chi connectivity index (χ2v) is 2.79. The molecule has 0 radical (unpaired) electrons. The SMILES string of the molecule is O=C1CCC(c2cnccn2)N1. The largest absolute Gasteiger partial charge is 0.348 e. The summed E-state index contributed by atoms with van der Waals surface area (Å²) in [6.45, 7) is 0. The van der Waals surface area contributed by atoms with Gasteiger partial charge in [-0.15, -0.1) is 0 Å². The van der Waals surface area contributed by atoms with E-state index in [4.69, 9.17) is 0 Å². The molecule has 0 saturated carbocycles. The van der Waals surface area contributed by atoms with Gasteiger partial charge in [-0.05, 0) is 6.42 Å². The summed E-state index contributed by atoms with van der Waals surface area (Å²) in [5.41, 5.74) is 0.850. The van der Waals surface area contributed by atoms with E-state index in [0.29, 0.717) is 6.42 Å². The van der Waals surface area contributed by atoms with Gasteiger partial charge in [-0.2, -0.15) is 0 Å². The second kappa shape index (κ2) is 2.89. The summed E-state index contributed by atoms with van der Waals surface area (Å²) in [6, 6.07) is 0.0752. The summed E-state index contributed by atoms with van der Waals surface area (Å²) in [5, 5.41) is 2.83. The van der Waals surface area contributed by atoms with Crippen LogP contribution in [0.2, 0.25) is 0 Å². The van der Waals surface area contributed by atoms with Gasteiger partial charge in [0, 0.05) is 18.8 Å². The Hall–Kier alpha value is -1.45. The van der Waals surface area contributed by atoms with Gasteiger partial charge >= 0.3 is 0 Å². The van der Waals surface area contributed by atoms with E-state index < -0.39 is 0 Å². The van der Waals surface area contributed by atoms with Gasteiger partial charge in [0.1, 0.15) is 0 Å². The summed E-state index contributed by atoms with van der Waals surface area (Å²) in [7, 11) is 0. The van der Waals surface area contributed by atoms with E-state index in [9.17, 15) is 4.79 Å². The maximum atomic E-state index is 10.9. The van der Waals surface area contributed by atoms with Crippen molar-refractivity contribution >= 4 is 5.91 Å². The summed E-state index contributed by atoms with van der Waals surface area (Å²) in [4.78, 5) is 18.9. The quantitative estimate of drug-likeness (QED) is 0.653. The van der Waals surface area contributed by atoms with Crippen LogP contribution in [0.15, 0.2) is 18.6 Å². The van der Waals surface area contributed by atoms with Crippen molar-refractivity contribution in [3.63, 3.8) is 0 Å². The van der Waals surface area contributed by atoms with E-state index in [1.165, 1.54) is 0 Å². The predicted molar refractivity (Wildman–Crippen MR) is 42.1 cm³/mol. The van der Waals surface area contributed by atoms with E-state index in [1.807, 2.05) is 0 Å². The monoisotopic (exact) mass is 163 g/mol. The molecule has 4 heteroatoms. The van der Waals surface area contributed by atoms with Crippen molar-refractivity contribution in [2.45, 2.75) is 18.9 Å². The van der Waals surface area contributed by atoms with Crippen molar-refractivity contribution in [3.05, 3.63) is 24.3 Å². The molecule has 0 spiro atoms. The van der Waals surface area contributed by atoms with Crippen LogP contribution in [0.4, 0.5) is 0 Å². The van der Waals surface area contributed by atoms with Crippen molar-refractivity contribution in [2.24, 2.45) is 0 Å². The molecule has 1 N–H and O–H groups in total. The molecule has 1 aliphatic rings. The number of carbonyl (C=O) groups is 1. The van der Waals surface area contributed by atoms with Crippen LogP contribution >= 0.6 is 0 Å². The van der Waals surface area contributed by atoms with Crippen molar-refractivity contribution in [3.8, 4) is 0 Å². The molecular formula is C8H9N3O. The van der Waals surface area contributed by atoms with Crippen molar-refractivity contribution < 1.29 is 4.79 Å². The van der Waals surface area contributed by atoms with Crippen LogP contribution < -0.4 is 5.32 Å². The Kier molecular flexibility index (Phi) is 1.74. The van der Waals surface area contributed by atoms with Crippen LogP contribution in [0.3, 0.4) is 0 Å². The number of amides is 1. The Labute approximate surface area is 70.0 Å². The molecule has 2 heterocycles. The van der Waals surface area contributed by atoms with Crippen molar-refractivity contribution in [2.75, 3.05) is 0 Å². The van der Waals surface area contributed by atoms with E-state index in [0.717, 1.165) is 12.1 Å². The molecule has 1 aromatic heterocycles. The first-order chi connectivity index (χ1) is 5.86. The van der Waals surface area contributed by atoms with Crippen LogP contribution in [0, 0.1) is 0 Å². The minimum atomic E-state index is 0.0752. The molecule has 1 atom stereocenters. The number of rotatable bonds is 1. The lowest BCUT2D eigenvalue weighted by Crippen LogP contribution is -2.19. The molecule has 2 rings (SSSR count). The second-order valence-electron chi connectivity index (χ2n) is 2.79. The summed E-state index contributed by atoms with van der Waals surface area (Å²) in [5.74, 6) is 0.102. The average molecular weight is 163 g/mol. The molecule has 0 bridgehead atoms. The zero-order valence-corrected chi connectivity index (χ0v) is 6.53. The highest BCUT2D eigenvalue weighted by Crippen LogP contribution is 2.20. The molecule has 1 unspecified atom stereocenters. The molecule has 1 aliphatic heterocycles. The molecule has 12 heavy (non-hydrogen) atoms. The average Bonchev–Trinajstić information content (AvgIpc) is 2.54. The zero-order valence-electron chi connectivity index (χ0n) is 6.53. The fourth-order valence-electron chi connectivity index (χ4n) is 1.33. The predicted octanol–water partition coefficient (Wildman–Crippen LogP) is 0.428. The normalized spacial score (nSPS) is 22.3. The third kappa shape index (κ3) is 1.28. The molecule has 1 fully saturated rings. The Balaban J connectivity index is 2.16. The third-order valence-electron chi connectivity index (χ3n) is 1.94. The summed E-state index contributed by atoms with van der Waals surface area (Å²) in [6.07, 6.45) is 6.38. The van der Waals surface area contributed by atoms with Gasteiger partial charge in [0.15, 0.2) is 0 Å². The number of aromatic nitrogens is 2. The maximum absolute atomic E-state index is 10.9. The van der Waals surface area contributed by atoms with Crippen LogP contribution in [-0.2, 0) is 4.79 Å². The van der Waals surface area contributed by atoms with Crippen LogP contribution in [-0.4, -0.2) is 15.9 Å². The number of nitrogens with zero attached hydrogens (tertiary/aromatic N) is 2. The van der Waals surface area contributed by atoms with E-state index >= 15 is 0 Å². The van der Waals surface area contributed by atoms with Crippen LogP contribution in [0.1, 0.15) is 24.6 Å². The van der Waals surface area contributed by atoms with Gasteiger partial charge in [0.2, 0.25) is 5.91 Å².